The van der Waals surface area contributed by atoms with Crippen LogP contribution >= 0.6 is 0 Å². The molecule has 1 aliphatic heterocycles. The van der Waals surface area contributed by atoms with Gasteiger partial charge in [-0.05, 0) is 30.9 Å². The van der Waals surface area contributed by atoms with Crippen molar-refractivity contribution in [1.29, 1.82) is 0 Å². The summed E-state index contributed by atoms with van der Waals surface area (Å²) in [6.07, 6.45) is 2.50. The maximum atomic E-state index is 13.0. The van der Waals surface area contributed by atoms with Crippen LogP contribution in [-0.4, -0.2) is 25.0 Å². The molecule has 1 amide bonds. The van der Waals surface area contributed by atoms with E-state index in [2.05, 4.69) is 43.4 Å². The van der Waals surface area contributed by atoms with Gasteiger partial charge in [0.1, 0.15) is 0 Å². The maximum Gasteiger partial charge on any atom is 0.278 e. The highest BCUT2D eigenvalue weighted by molar-refractivity contribution is 5.80. The summed E-state index contributed by atoms with van der Waals surface area (Å²) in [6, 6.07) is 20.3. The van der Waals surface area contributed by atoms with E-state index in [1.807, 2.05) is 36.4 Å². The van der Waals surface area contributed by atoms with E-state index in [1.54, 1.807) is 0 Å². The van der Waals surface area contributed by atoms with Gasteiger partial charge in [-0.1, -0.05) is 67.6 Å². The molecule has 0 aromatic heterocycles. The topological polar surface area (TPSA) is 33.5 Å². The molecule has 3 rings (SSSR count). The van der Waals surface area contributed by atoms with Crippen molar-refractivity contribution in [2.45, 2.75) is 38.8 Å². The van der Waals surface area contributed by atoms with Crippen LogP contribution in [0.15, 0.2) is 60.7 Å². The van der Waals surface area contributed by atoms with Crippen LogP contribution < -0.4 is 10.2 Å². The zero-order valence-electron chi connectivity index (χ0n) is 15.2. The molecule has 132 valence electrons. The number of rotatable bonds is 5. The van der Waals surface area contributed by atoms with Gasteiger partial charge in [-0.2, -0.15) is 0 Å². The highest BCUT2D eigenvalue weighted by Crippen LogP contribution is 2.21. The Labute approximate surface area is 151 Å². The fourth-order valence-corrected chi connectivity index (χ4v) is 3.83. The second kappa shape index (κ2) is 8.30. The molecular weight excluding hydrogens is 308 g/mol. The van der Waals surface area contributed by atoms with Crippen LogP contribution in [0.5, 0.6) is 0 Å². The minimum absolute atomic E-state index is 0.0160. The average molecular weight is 337 g/mol. The molecule has 2 aromatic rings. The first-order chi connectivity index (χ1) is 12.1. The van der Waals surface area contributed by atoms with Crippen molar-refractivity contribution in [3.05, 3.63) is 71.8 Å². The van der Waals surface area contributed by atoms with Gasteiger partial charge in [0.25, 0.3) is 5.91 Å². The van der Waals surface area contributed by atoms with Gasteiger partial charge in [0.15, 0.2) is 6.04 Å². The molecular formula is C22H29N2O+. The number of benzene rings is 2. The van der Waals surface area contributed by atoms with Crippen molar-refractivity contribution in [3.63, 3.8) is 0 Å². The van der Waals surface area contributed by atoms with Crippen LogP contribution in [0, 0.1) is 5.92 Å². The molecule has 0 spiro atoms. The Kier molecular flexibility index (Phi) is 5.87. The molecule has 2 N–H and O–H groups in total. The van der Waals surface area contributed by atoms with Gasteiger partial charge in [-0.25, -0.2) is 0 Å². The van der Waals surface area contributed by atoms with Crippen molar-refractivity contribution < 1.29 is 9.69 Å². The van der Waals surface area contributed by atoms with Gasteiger partial charge in [-0.3, -0.25) is 4.79 Å². The Balaban J connectivity index is 1.77. The summed E-state index contributed by atoms with van der Waals surface area (Å²) < 4.78 is 0. The van der Waals surface area contributed by atoms with E-state index in [1.165, 1.54) is 17.7 Å². The summed E-state index contributed by atoms with van der Waals surface area (Å²) in [6.45, 7) is 6.55. The molecule has 0 aliphatic carbocycles. The number of likely N-dealkylation sites (tertiary alicyclic amines) is 1. The number of amides is 1. The van der Waals surface area contributed by atoms with E-state index in [0.717, 1.165) is 24.2 Å². The predicted molar refractivity (Wildman–Crippen MR) is 101 cm³/mol. The van der Waals surface area contributed by atoms with Crippen LogP contribution in [-0.2, 0) is 4.79 Å². The van der Waals surface area contributed by atoms with Gasteiger partial charge in [0, 0.05) is 5.92 Å². The molecule has 2 aromatic carbocycles. The molecule has 0 radical (unpaired) electrons. The van der Waals surface area contributed by atoms with E-state index in [-0.39, 0.29) is 18.0 Å². The van der Waals surface area contributed by atoms with Gasteiger partial charge in [-0.15, -0.1) is 0 Å². The molecule has 1 heterocycles. The molecule has 1 saturated heterocycles. The molecule has 3 heteroatoms. The summed E-state index contributed by atoms with van der Waals surface area (Å²) in [7, 11) is 0. The molecule has 1 unspecified atom stereocenters. The number of piperidine rings is 1. The fourth-order valence-electron chi connectivity index (χ4n) is 3.83. The quantitative estimate of drug-likeness (QED) is 0.864. The summed E-state index contributed by atoms with van der Waals surface area (Å²) >= 11 is 0. The van der Waals surface area contributed by atoms with Crippen molar-refractivity contribution in [1.82, 2.24) is 5.32 Å². The summed E-state index contributed by atoms with van der Waals surface area (Å²) in [5.74, 6) is 0.847. The van der Waals surface area contributed by atoms with Crippen molar-refractivity contribution in [2.24, 2.45) is 5.92 Å². The van der Waals surface area contributed by atoms with Crippen LogP contribution in [0.3, 0.4) is 0 Å². The zero-order chi connectivity index (χ0) is 17.6. The minimum Gasteiger partial charge on any atom is -0.340 e. The van der Waals surface area contributed by atoms with Crippen LogP contribution in [0.4, 0.5) is 0 Å². The van der Waals surface area contributed by atoms with Crippen LogP contribution in [0.25, 0.3) is 0 Å². The lowest BCUT2D eigenvalue weighted by Crippen LogP contribution is -3.18. The Morgan fingerprint density at radius 3 is 2.12 bits per heavy atom. The van der Waals surface area contributed by atoms with Crippen LogP contribution in [0.1, 0.15) is 43.9 Å². The summed E-state index contributed by atoms with van der Waals surface area (Å²) in [5.41, 5.74) is 2.24. The molecule has 3 atom stereocenters. The van der Waals surface area contributed by atoms with E-state index < -0.39 is 0 Å². The first-order valence-corrected chi connectivity index (χ1v) is 9.40. The van der Waals surface area contributed by atoms with Crippen molar-refractivity contribution in [2.75, 3.05) is 13.1 Å². The predicted octanol–water partition coefficient (Wildman–Crippen LogP) is 2.60. The number of nitrogens with one attached hydrogen (secondary N) is 2. The third-order valence-corrected chi connectivity index (χ3v) is 5.36. The lowest BCUT2D eigenvalue weighted by atomic mass is 9.97. The first kappa shape index (κ1) is 17.7. The van der Waals surface area contributed by atoms with E-state index in [0.29, 0.717) is 5.92 Å². The monoisotopic (exact) mass is 337 g/mol. The van der Waals surface area contributed by atoms with Crippen molar-refractivity contribution in [3.8, 4) is 0 Å². The van der Waals surface area contributed by atoms with E-state index >= 15 is 0 Å². The smallest absolute Gasteiger partial charge is 0.278 e. The molecule has 0 saturated carbocycles. The number of quaternary nitrogens is 1. The number of carbonyl (C=O) groups excluding carboxylic acids is 1. The third kappa shape index (κ3) is 4.49. The normalized spacial score (nSPS) is 21.7. The summed E-state index contributed by atoms with van der Waals surface area (Å²) in [5, 5.41) is 3.30. The third-order valence-electron chi connectivity index (χ3n) is 5.36. The van der Waals surface area contributed by atoms with E-state index in [9.17, 15) is 4.79 Å². The molecule has 1 fully saturated rings. The Morgan fingerprint density at radius 2 is 1.60 bits per heavy atom. The number of hydrogen-bond donors (Lipinski definition) is 2. The second-order valence-electron chi connectivity index (χ2n) is 7.34. The fraction of sp³-hybridized carbons (Fsp3) is 0.409. The number of carbonyl (C=O) groups is 1. The highest BCUT2D eigenvalue weighted by atomic mass is 16.2. The Bertz CT molecular complexity index is 631. The highest BCUT2D eigenvalue weighted by Gasteiger charge is 2.30. The lowest BCUT2D eigenvalue weighted by molar-refractivity contribution is -0.922. The number of hydrogen-bond acceptors (Lipinski definition) is 1. The second-order valence-corrected chi connectivity index (χ2v) is 7.34. The largest absolute Gasteiger partial charge is 0.340 e. The Morgan fingerprint density at radius 1 is 1.04 bits per heavy atom. The molecule has 1 aliphatic rings. The summed E-state index contributed by atoms with van der Waals surface area (Å²) in [4.78, 5) is 14.4. The standard InChI is InChI=1S/C22H28N2O/c1-17-10-9-15-24(16-17)18(2)22(25)23-21(19-11-5-3-6-12-19)20-13-7-4-8-14-20/h3-8,11-14,17-18,21H,9-10,15-16H2,1-2H3,(H,23,25)/p+1/t17-,18-/m0/s1. The Hall–Kier alpha value is -2.13. The van der Waals surface area contributed by atoms with Gasteiger partial charge in [0.05, 0.1) is 19.1 Å². The minimum atomic E-state index is -0.0982. The lowest BCUT2D eigenvalue weighted by Gasteiger charge is -2.32. The average Bonchev–Trinajstić information content (AvgIpc) is 2.66. The molecule has 3 nitrogen and oxygen atoms in total. The SMILES string of the molecule is C[C@H]1CCC[NH+]([C@@H](C)C(=O)NC(c2ccccc2)c2ccccc2)C1. The van der Waals surface area contributed by atoms with Gasteiger partial charge < -0.3 is 10.2 Å². The first-order valence-electron chi connectivity index (χ1n) is 9.40. The zero-order valence-corrected chi connectivity index (χ0v) is 15.2. The van der Waals surface area contributed by atoms with Crippen molar-refractivity contribution >= 4 is 5.91 Å². The molecule has 0 bridgehead atoms. The van der Waals surface area contributed by atoms with Gasteiger partial charge >= 0.3 is 0 Å². The molecule has 25 heavy (non-hydrogen) atoms. The van der Waals surface area contributed by atoms with Gasteiger partial charge in [0.2, 0.25) is 0 Å². The van der Waals surface area contributed by atoms with Crippen LogP contribution in [0.2, 0.25) is 0 Å². The maximum absolute atomic E-state index is 13.0. The van der Waals surface area contributed by atoms with E-state index in [4.69, 9.17) is 0 Å².